The molecule has 2 aromatic heterocycles. The number of carbonyl (C=O) groups excluding carboxylic acids is 2. The number of esters is 1. The number of ether oxygens (including phenoxy) is 1. The standard InChI is InChI=1S/C23H20N4O4/c1-26(15-19-13-8-14-30-19)20(28)16-31-23(29)21-24-22(17-9-4-2-5-10-17)27(25-21)18-11-6-3-7-12-18/h2-14H,15-16H2,1H3. The van der Waals surface area contributed by atoms with E-state index in [1.807, 2.05) is 60.7 Å². The molecule has 0 aliphatic heterocycles. The Hall–Kier alpha value is -4.20. The van der Waals surface area contributed by atoms with Crippen LogP contribution in [0.2, 0.25) is 0 Å². The Morgan fingerprint density at radius 3 is 2.39 bits per heavy atom. The Bertz CT molecular complexity index is 1100. The Balaban J connectivity index is 1.50. The molecule has 4 aromatic rings. The number of amides is 1. The lowest BCUT2D eigenvalue weighted by Gasteiger charge is -2.15. The number of hydrogen-bond donors (Lipinski definition) is 0. The lowest BCUT2D eigenvalue weighted by atomic mass is 10.2. The van der Waals surface area contributed by atoms with E-state index in [1.54, 1.807) is 23.9 Å². The molecular formula is C23H20N4O4. The Morgan fingerprint density at radius 1 is 1.00 bits per heavy atom. The third-order valence-corrected chi connectivity index (χ3v) is 4.55. The number of likely N-dealkylation sites (N-methyl/N-ethyl adjacent to an activating group) is 1. The van der Waals surface area contributed by atoms with Crippen LogP contribution in [0.15, 0.2) is 83.5 Å². The van der Waals surface area contributed by atoms with Crippen molar-refractivity contribution >= 4 is 11.9 Å². The molecule has 0 fully saturated rings. The molecule has 31 heavy (non-hydrogen) atoms. The minimum Gasteiger partial charge on any atom is -0.467 e. The van der Waals surface area contributed by atoms with Gasteiger partial charge in [0.2, 0.25) is 0 Å². The zero-order valence-electron chi connectivity index (χ0n) is 16.8. The molecule has 0 aliphatic carbocycles. The number of furan rings is 1. The van der Waals surface area contributed by atoms with E-state index in [-0.39, 0.29) is 18.3 Å². The van der Waals surface area contributed by atoms with Gasteiger partial charge in [-0.1, -0.05) is 48.5 Å². The van der Waals surface area contributed by atoms with E-state index in [9.17, 15) is 9.59 Å². The van der Waals surface area contributed by atoms with Gasteiger partial charge in [-0.15, -0.1) is 5.10 Å². The molecule has 0 bridgehead atoms. The summed E-state index contributed by atoms with van der Waals surface area (Å²) in [6.07, 6.45) is 1.53. The van der Waals surface area contributed by atoms with Crippen LogP contribution in [0.4, 0.5) is 0 Å². The van der Waals surface area contributed by atoms with Crippen molar-refractivity contribution in [2.24, 2.45) is 0 Å². The van der Waals surface area contributed by atoms with Crippen molar-refractivity contribution in [2.75, 3.05) is 13.7 Å². The molecule has 2 heterocycles. The van der Waals surface area contributed by atoms with Crippen LogP contribution < -0.4 is 0 Å². The van der Waals surface area contributed by atoms with Gasteiger partial charge in [0.05, 0.1) is 18.5 Å². The van der Waals surface area contributed by atoms with Crippen molar-refractivity contribution in [2.45, 2.75) is 6.54 Å². The predicted octanol–water partition coefficient (Wildman–Crippen LogP) is 3.34. The highest BCUT2D eigenvalue weighted by atomic mass is 16.5. The first-order chi connectivity index (χ1) is 15.1. The van der Waals surface area contributed by atoms with E-state index in [2.05, 4.69) is 10.1 Å². The minimum absolute atomic E-state index is 0.121. The molecule has 156 valence electrons. The van der Waals surface area contributed by atoms with Gasteiger partial charge in [0.15, 0.2) is 12.4 Å². The van der Waals surface area contributed by atoms with E-state index in [1.165, 1.54) is 11.2 Å². The molecule has 0 saturated carbocycles. The minimum atomic E-state index is -0.772. The first kappa shape index (κ1) is 20.1. The van der Waals surface area contributed by atoms with E-state index in [0.29, 0.717) is 11.6 Å². The molecule has 4 rings (SSSR count). The van der Waals surface area contributed by atoms with Gasteiger partial charge in [-0.2, -0.15) is 0 Å². The van der Waals surface area contributed by atoms with E-state index >= 15 is 0 Å². The third kappa shape index (κ3) is 4.69. The molecule has 1 amide bonds. The fraction of sp³-hybridized carbons (Fsp3) is 0.130. The molecule has 0 spiro atoms. The van der Waals surface area contributed by atoms with Gasteiger partial charge in [0.25, 0.3) is 11.7 Å². The summed E-state index contributed by atoms with van der Waals surface area (Å²) in [4.78, 5) is 30.6. The first-order valence-corrected chi connectivity index (χ1v) is 9.63. The predicted molar refractivity (Wildman–Crippen MR) is 112 cm³/mol. The van der Waals surface area contributed by atoms with Crippen LogP contribution in [0.1, 0.15) is 16.4 Å². The number of nitrogens with zero attached hydrogens (tertiary/aromatic N) is 4. The quantitative estimate of drug-likeness (QED) is 0.429. The first-order valence-electron chi connectivity index (χ1n) is 9.63. The maximum atomic E-state index is 12.6. The van der Waals surface area contributed by atoms with Crippen LogP contribution in [-0.4, -0.2) is 45.2 Å². The van der Waals surface area contributed by atoms with Gasteiger partial charge in [0.1, 0.15) is 5.76 Å². The summed E-state index contributed by atoms with van der Waals surface area (Å²) in [5.41, 5.74) is 1.55. The maximum absolute atomic E-state index is 12.6. The van der Waals surface area contributed by atoms with Crippen LogP contribution in [0, 0.1) is 0 Å². The highest BCUT2D eigenvalue weighted by molar-refractivity contribution is 5.88. The van der Waals surface area contributed by atoms with Crippen molar-refractivity contribution in [3.63, 3.8) is 0 Å². The fourth-order valence-corrected chi connectivity index (χ4v) is 2.95. The zero-order valence-corrected chi connectivity index (χ0v) is 16.8. The molecule has 0 unspecified atom stereocenters. The molecule has 0 radical (unpaired) electrons. The zero-order chi connectivity index (χ0) is 21.6. The van der Waals surface area contributed by atoms with Crippen molar-refractivity contribution in [3.8, 4) is 17.1 Å². The van der Waals surface area contributed by atoms with Crippen molar-refractivity contribution in [1.82, 2.24) is 19.7 Å². The summed E-state index contributed by atoms with van der Waals surface area (Å²) in [5, 5.41) is 4.33. The molecule has 0 atom stereocenters. The number of hydrogen-bond acceptors (Lipinski definition) is 6. The van der Waals surface area contributed by atoms with Crippen LogP contribution in [0.25, 0.3) is 17.1 Å². The van der Waals surface area contributed by atoms with E-state index in [4.69, 9.17) is 9.15 Å². The number of benzene rings is 2. The van der Waals surface area contributed by atoms with E-state index in [0.717, 1.165) is 11.3 Å². The molecule has 0 N–H and O–H groups in total. The van der Waals surface area contributed by atoms with Gasteiger partial charge in [0, 0.05) is 12.6 Å². The van der Waals surface area contributed by atoms with Crippen LogP contribution >= 0.6 is 0 Å². The molecule has 0 aliphatic rings. The summed E-state index contributed by atoms with van der Waals surface area (Å²) in [5.74, 6) is -0.121. The largest absolute Gasteiger partial charge is 0.467 e. The Kier molecular flexibility index (Phi) is 5.89. The normalized spacial score (nSPS) is 10.6. The number of rotatable bonds is 7. The maximum Gasteiger partial charge on any atom is 0.378 e. The molecule has 8 nitrogen and oxygen atoms in total. The van der Waals surface area contributed by atoms with Crippen molar-refractivity contribution in [1.29, 1.82) is 0 Å². The smallest absolute Gasteiger partial charge is 0.378 e. The highest BCUT2D eigenvalue weighted by Crippen LogP contribution is 2.21. The monoisotopic (exact) mass is 416 g/mol. The van der Waals surface area contributed by atoms with Crippen molar-refractivity contribution in [3.05, 3.63) is 90.6 Å². The van der Waals surface area contributed by atoms with E-state index < -0.39 is 12.6 Å². The summed E-state index contributed by atoms with van der Waals surface area (Å²) < 4.78 is 12.0. The van der Waals surface area contributed by atoms with Crippen LogP contribution in [0.3, 0.4) is 0 Å². The average Bonchev–Trinajstić information content (AvgIpc) is 3.48. The third-order valence-electron chi connectivity index (χ3n) is 4.55. The van der Waals surface area contributed by atoms with Gasteiger partial charge in [-0.05, 0) is 24.3 Å². The average molecular weight is 416 g/mol. The topological polar surface area (TPSA) is 90.5 Å². The second-order valence-corrected chi connectivity index (χ2v) is 6.78. The van der Waals surface area contributed by atoms with Gasteiger partial charge >= 0.3 is 5.97 Å². The second kappa shape index (κ2) is 9.08. The number of para-hydroxylation sites is 1. The van der Waals surface area contributed by atoms with Crippen LogP contribution in [-0.2, 0) is 16.1 Å². The Morgan fingerprint density at radius 2 is 1.71 bits per heavy atom. The molecular weight excluding hydrogens is 396 g/mol. The summed E-state index contributed by atoms with van der Waals surface area (Å²) >= 11 is 0. The van der Waals surface area contributed by atoms with Gasteiger partial charge in [-0.3, -0.25) is 4.79 Å². The highest BCUT2D eigenvalue weighted by Gasteiger charge is 2.21. The summed E-state index contributed by atoms with van der Waals surface area (Å²) in [7, 11) is 1.61. The lowest BCUT2D eigenvalue weighted by molar-refractivity contribution is -0.134. The SMILES string of the molecule is CN(Cc1ccco1)C(=O)COC(=O)c1nc(-c2ccccc2)n(-c2ccccc2)n1. The Labute approximate surface area is 178 Å². The summed E-state index contributed by atoms with van der Waals surface area (Å²) in [6.45, 7) is -0.140. The van der Waals surface area contributed by atoms with Crippen LogP contribution in [0.5, 0.6) is 0 Å². The number of carbonyl (C=O) groups is 2. The lowest BCUT2D eigenvalue weighted by Crippen LogP contribution is -2.30. The fourth-order valence-electron chi connectivity index (χ4n) is 2.95. The molecule has 2 aromatic carbocycles. The van der Waals surface area contributed by atoms with Gasteiger partial charge in [-0.25, -0.2) is 14.5 Å². The van der Waals surface area contributed by atoms with Crippen molar-refractivity contribution < 1.29 is 18.7 Å². The number of aromatic nitrogens is 3. The van der Waals surface area contributed by atoms with Gasteiger partial charge < -0.3 is 14.1 Å². The molecule has 0 saturated heterocycles. The summed E-state index contributed by atoms with van der Waals surface area (Å²) in [6, 6.07) is 22.3. The second-order valence-electron chi connectivity index (χ2n) is 6.78. The molecule has 8 heteroatoms.